The number of hydrogen-bond donors (Lipinski definition) is 0. The first kappa shape index (κ1) is 38.0. The van der Waals surface area contributed by atoms with Crippen LogP contribution in [0.1, 0.15) is 40.0 Å². The summed E-state index contributed by atoms with van der Waals surface area (Å²) in [6.07, 6.45) is 9.14. The maximum Gasteiger partial charge on any atom is 0.0676 e. The van der Waals surface area contributed by atoms with E-state index in [2.05, 4.69) is 219 Å². The van der Waals surface area contributed by atoms with Gasteiger partial charge in [-0.05, 0) is 142 Å². The lowest BCUT2D eigenvalue weighted by Crippen LogP contribution is -2.20. The van der Waals surface area contributed by atoms with Crippen molar-refractivity contribution in [2.24, 2.45) is 0 Å². The molecular weight excluding hydrogens is 767 g/mol. The lowest BCUT2D eigenvalue weighted by atomic mass is 9.95. The molecule has 10 rings (SSSR count). The highest BCUT2D eigenvalue weighted by Crippen LogP contribution is 2.53. The molecule has 0 unspecified atom stereocenters. The van der Waals surface area contributed by atoms with Gasteiger partial charge in [-0.1, -0.05) is 115 Å². The van der Waals surface area contributed by atoms with Gasteiger partial charge in [0.1, 0.15) is 0 Å². The van der Waals surface area contributed by atoms with Gasteiger partial charge in [0.15, 0.2) is 0 Å². The van der Waals surface area contributed by atoms with Crippen molar-refractivity contribution in [3.63, 3.8) is 0 Å². The molecule has 0 fully saturated rings. The van der Waals surface area contributed by atoms with Gasteiger partial charge in [0.2, 0.25) is 0 Å². The molecule has 2 heterocycles. The van der Waals surface area contributed by atoms with Crippen LogP contribution in [0.3, 0.4) is 0 Å². The molecule has 0 saturated carbocycles. The third-order valence-electron chi connectivity index (χ3n) is 12.0. The average Bonchev–Trinajstić information content (AvgIpc) is 3.60. The van der Waals surface area contributed by atoms with Crippen molar-refractivity contribution in [3.05, 3.63) is 203 Å². The predicted octanol–water partition coefficient (Wildman–Crippen LogP) is 16.9. The van der Waals surface area contributed by atoms with Crippen LogP contribution in [0.25, 0.3) is 21.2 Å². The largest absolute Gasteiger partial charge is 0.309 e. The zero-order valence-corrected chi connectivity index (χ0v) is 36.4. The second-order valence-corrected chi connectivity index (χ2v) is 18.1. The minimum atomic E-state index is 1.01. The highest BCUT2D eigenvalue weighted by molar-refractivity contribution is 7.99. The molecule has 3 nitrogen and oxygen atoms in total. The summed E-state index contributed by atoms with van der Waals surface area (Å²) in [5.41, 5.74) is 18.2. The molecule has 0 amide bonds. The molecule has 5 heteroatoms. The number of hydrogen-bond acceptors (Lipinski definition) is 5. The monoisotopic (exact) mass is 813 g/mol. The maximum atomic E-state index is 2.55. The van der Waals surface area contributed by atoms with Crippen molar-refractivity contribution in [2.75, 3.05) is 14.7 Å². The van der Waals surface area contributed by atoms with Crippen LogP contribution in [0.4, 0.5) is 45.5 Å². The van der Waals surface area contributed by atoms with Crippen molar-refractivity contribution in [1.29, 1.82) is 0 Å². The third kappa shape index (κ3) is 6.53. The Bertz CT molecular complexity index is 2990. The average molecular weight is 814 g/mol. The van der Waals surface area contributed by atoms with Crippen LogP contribution in [-0.4, -0.2) is 0 Å². The summed E-state index contributed by atoms with van der Waals surface area (Å²) in [5, 5.41) is 1.29. The van der Waals surface area contributed by atoms with Crippen LogP contribution in [-0.2, 0) is 0 Å². The molecule has 0 saturated heterocycles. The van der Waals surface area contributed by atoms with Crippen LogP contribution >= 0.6 is 23.1 Å². The standard InChI is InChI=1S/C55H47N3S2/c1-36-19-12-13-24-44(36)53-38(3)32-34-45-54(40(5)59-55(45)53)57(42-22-10-7-11-23-42)46-27-18-28-47(39(46)4)58-49-26-15-17-30-52(49)60-51-29-16-14-25-48(51)56(41-20-8-6-9-21-41)43-33-31-37(2)50(58)35-43/h6,8-10,12-35H,7,11H2,1-5H3. The Kier molecular flexibility index (Phi) is 9.95. The van der Waals surface area contributed by atoms with Gasteiger partial charge in [-0.3, -0.25) is 0 Å². The van der Waals surface area contributed by atoms with Crippen molar-refractivity contribution in [3.8, 4) is 11.1 Å². The number of benzene rings is 7. The summed E-state index contributed by atoms with van der Waals surface area (Å²) < 4.78 is 1.34. The van der Waals surface area contributed by atoms with Gasteiger partial charge < -0.3 is 14.7 Å². The Morgan fingerprint density at radius 2 is 1.22 bits per heavy atom. The molecule has 0 N–H and O–H groups in total. The molecular formula is C55H47N3S2. The molecule has 1 aromatic heterocycles. The van der Waals surface area contributed by atoms with E-state index >= 15 is 0 Å². The molecule has 294 valence electrons. The molecule has 0 spiro atoms. The summed E-state index contributed by atoms with van der Waals surface area (Å²) in [5.74, 6) is 0. The number of para-hydroxylation sites is 3. The number of aryl methyl sites for hydroxylation is 4. The van der Waals surface area contributed by atoms with Gasteiger partial charge in [0.05, 0.1) is 34.1 Å². The molecule has 60 heavy (non-hydrogen) atoms. The van der Waals surface area contributed by atoms with E-state index < -0.39 is 0 Å². The first-order valence-corrected chi connectivity index (χ1v) is 22.5. The van der Waals surface area contributed by atoms with E-state index in [1.54, 1.807) is 0 Å². The van der Waals surface area contributed by atoms with E-state index in [4.69, 9.17) is 0 Å². The first-order chi connectivity index (χ1) is 29.4. The fraction of sp³-hybridized carbons (Fsp3) is 0.127. The second-order valence-electron chi connectivity index (χ2n) is 15.8. The number of rotatable bonds is 6. The Hall–Kier alpha value is -6.27. The van der Waals surface area contributed by atoms with E-state index in [1.807, 2.05) is 23.1 Å². The highest BCUT2D eigenvalue weighted by atomic mass is 32.2. The minimum Gasteiger partial charge on any atom is -0.309 e. The highest BCUT2D eigenvalue weighted by Gasteiger charge is 2.29. The molecule has 0 radical (unpaired) electrons. The lowest BCUT2D eigenvalue weighted by Gasteiger charge is -2.36. The van der Waals surface area contributed by atoms with Crippen LogP contribution in [0.2, 0.25) is 0 Å². The SMILES string of the molecule is Cc1ccccc1-c1c(C)ccc2c(N(C3=CCCC=C3)c3cccc(N4c5cc(ccc5C)N(c5ccccc5)c5ccccc5Sc5ccccc54)c3C)c(C)sc12. The Morgan fingerprint density at radius 3 is 1.97 bits per heavy atom. The zero-order chi connectivity index (χ0) is 40.9. The van der Waals surface area contributed by atoms with Crippen LogP contribution in [0, 0.1) is 34.6 Å². The van der Waals surface area contributed by atoms with E-state index in [0.29, 0.717) is 0 Å². The Morgan fingerprint density at radius 1 is 0.533 bits per heavy atom. The predicted molar refractivity (Wildman–Crippen MR) is 259 cm³/mol. The van der Waals surface area contributed by atoms with Gasteiger partial charge in [-0.15, -0.1) is 11.3 Å². The first-order valence-electron chi connectivity index (χ1n) is 20.8. The smallest absolute Gasteiger partial charge is 0.0676 e. The summed E-state index contributed by atoms with van der Waals surface area (Å²) in [7, 11) is 0. The van der Waals surface area contributed by atoms with Gasteiger partial charge in [0, 0.05) is 47.4 Å². The topological polar surface area (TPSA) is 9.72 Å². The Labute approximate surface area is 362 Å². The summed E-state index contributed by atoms with van der Waals surface area (Å²) >= 11 is 3.75. The molecule has 2 aliphatic rings. The van der Waals surface area contributed by atoms with E-state index in [-0.39, 0.29) is 0 Å². The minimum absolute atomic E-state index is 1.01. The molecule has 1 aliphatic carbocycles. The molecule has 2 bridgehead atoms. The third-order valence-corrected chi connectivity index (χ3v) is 14.2. The number of thiophene rings is 1. The number of fused-ring (bicyclic) bond motifs is 5. The van der Waals surface area contributed by atoms with E-state index in [1.165, 1.54) is 75.2 Å². The van der Waals surface area contributed by atoms with E-state index in [9.17, 15) is 0 Å². The number of nitrogens with zero attached hydrogens (tertiary/aromatic N) is 3. The maximum absolute atomic E-state index is 2.55. The summed E-state index contributed by atoms with van der Waals surface area (Å²) in [6, 6.07) is 55.8. The van der Waals surface area contributed by atoms with Crippen LogP contribution in [0.5, 0.6) is 0 Å². The van der Waals surface area contributed by atoms with E-state index in [0.717, 1.165) is 47.0 Å². The fourth-order valence-corrected chi connectivity index (χ4v) is 11.3. The summed E-state index contributed by atoms with van der Waals surface area (Å²) in [6.45, 7) is 11.4. The zero-order valence-electron chi connectivity index (χ0n) is 34.7. The molecule has 1 aliphatic heterocycles. The van der Waals surface area contributed by atoms with Crippen molar-refractivity contribution in [1.82, 2.24) is 0 Å². The van der Waals surface area contributed by atoms with Crippen molar-refractivity contribution in [2.45, 2.75) is 57.3 Å². The second kappa shape index (κ2) is 15.7. The normalized spacial score (nSPS) is 13.5. The van der Waals surface area contributed by atoms with Gasteiger partial charge in [-0.2, -0.15) is 0 Å². The van der Waals surface area contributed by atoms with Crippen LogP contribution < -0.4 is 14.7 Å². The van der Waals surface area contributed by atoms with Crippen molar-refractivity contribution >= 4 is 78.7 Å². The van der Waals surface area contributed by atoms with Crippen LogP contribution in [0.15, 0.2) is 185 Å². The number of allylic oxidation sites excluding steroid dienone is 3. The number of anilines is 8. The molecule has 0 atom stereocenters. The summed E-state index contributed by atoms with van der Waals surface area (Å²) in [4.78, 5) is 11.2. The van der Waals surface area contributed by atoms with Crippen molar-refractivity contribution < 1.29 is 0 Å². The lowest BCUT2D eigenvalue weighted by molar-refractivity contribution is 0.996. The van der Waals surface area contributed by atoms with Gasteiger partial charge in [-0.25, -0.2) is 0 Å². The molecule has 7 aromatic carbocycles. The fourth-order valence-electron chi connectivity index (χ4n) is 9.03. The van der Waals surface area contributed by atoms with Gasteiger partial charge in [0.25, 0.3) is 0 Å². The quantitative estimate of drug-likeness (QED) is 0.165. The van der Waals surface area contributed by atoms with Gasteiger partial charge >= 0.3 is 0 Å². The molecule has 8 aromatic rings. The Balaban J connectivity index is 1.21.